The smallest absolute Gasteiger partial charge is 0.194 e. The van der Waals surface area contributed by atoms with E-state index in [1.54, 1.807) is 24.3 Å². The van der Waals surface area contributed by atoms with Crippen molar-refractivity contribution in [1.29, 1.82) is 0 Å². The Morgan fingerprint density at radius 3 is 1.88 bits per heavy atom. The van der Waals surface area contributed by atoms with Crippen molar-refractivity contribution in [2.45, 2.75) is 5.75 Å². The molecular weight excluding hydrogens is 239 g/mol. The Morgan fingerprint density at radius 2 is 1.35 bits per heavy atom. The molecule has 2 rings (SSSR count). The minimum Gasteiger partial charge on any atom is -0.194 e. The van der Waals surface area contributed by atoms with Gasteiger partial charge in [0.2, 0.25) is 0 Å². The second-order valence-corrected chi connectivity index (χ2v) is 5.11. The van der Waals surface area contributed by atoms with Crippen LogP contribution in [0.4, 0.5) is 3.89 Å². The molecule has 0 atom stereocenters. The van der Waals surface area contributed by atoms with Gasteiger partial charge in [-0.2, -0.15) is 8.42 Å². The quantitative estimate of drug-likeness (QED) is 0.784. The van der Waals surface area contributed by atoms with Crippen molar-refractivity contribution in [1.82, 2.24) is 0 Å². The van der Waals surface area contributed by atoms with E-state index in [2.05, 4.69) is 0 Å². The van der Waals surface area contributed by atoms with Gasteiger partial charge in [-0.25, -0.2) is 0 Å². The van der Waals surface area contributed by atoms with Crippen LogP contribution in [-0.2, 0) is 16.0 Å². The van der Waals surface area contributed by atoms with Crippen LogP contribution in [0, 0.1) is 0 Å². The van der Waals surface area contributed by atoms with Gasteiger partial charge >= 0.3 is 10.2 Å². The maximum absolute atomic E-state index is 12.5. The summed E-state index contributed by atoms with van der Waals surface area (Å²) in [5.41, 5.74) is 2.47. The minimum absolute atomic E-state index is 0.451. The van der Waals surface area contributed by atoms with Crippen molar-refractivity contribution in [2.24, 2.45) is 0 Å². The Balaban J connectivity index is 2.25. The molecule has 17 heavy (non-hydrogen) atoms. The highest BCUT2D eigenvalue weighted by molar-refractivity contribution is 7.85. The lowest BCUT2D eigenvalue weighted by Crippen LogP contribution is -1.95. The first-order chi connectivity index (χ1) is 8.04. The third kappa shape index (κ3) is 3.39. The predicted octanol–water partition coefficient (Wildman–Crippen LogP) is 3.15. The molecule has 0 bridgehead atoms. The molecule has 0 fully saturated rings. The molecular formula is C13H11FO2S. The summed E-state index contributed by atoms with van der Waals surface area (Å²) in [4.78, 5) is 0. The highest BCUT2D eigenvalue weighted by Gasteiger charge is 2.08. The van der Waals surface area contributed by atoms with Crippen LogP contribution in [0.3, 0.4) is 0 Å². The second-order valence-electron chi connectivity index (χ2n) is 3.75. The lowest BCUT2D eigenvalue weighted by molar-refractivity contribution is 0.551. The van der Waals surface area contributed by atoms with Gasteiger partial charge in [-0.1, -0.05) is 54.6 Å². The Morgan fingerprint density at radius 1 is 0.824 bits per heavy atom. The Hall–Kier alpha value is -1.68. The summed E-state index contributed by atoms with van der Waals surface area (Å²) in [5, 5.41) is 0. The molecule has 0 aliphatic rings. The maximum atomic E-state index is 12.5. The molecule has 0 N–H and O–H groups in total. The summed E-state index contributed by atoms with van der Waals surface area (Å²) in [6, 6.07) is 16.5. The van der Waals surface area contributed by atoms with E-state index in [1.165, 1.54) is 0 Å². The van der Waals surface area contributed by atoms with E-state index in [9.17, 15) is 12.3 Å². The van der Waals surface area contributed by atoms with Crippen molar-refractivity contribution in [3.05, 3.63) is 60.2 Å². The third-order valence-corrected chi connectivity index (χ3v) is 3.08. The van der Waals surface area contributed by atoms with Crippen molar-refractivity contribution in [3.63, 3.8) is 0 Å². The van der Waals surface area contributed by atoms with Gasteiger partial charge in [0.05, 0.1) is 0 Å². The van der Waals surface area contributed by atoms with Crippen LogP contribution >= 0.6 is 0 Å². The lowest BCUT2D eigenvalue weighted by Gasteiger charge is -2.02. The van der Waals surface area contributed by atoms with Crippen LogP contribution in [0.25, 0.3) is 11.1 Å². The van der Waals surface area contributed by atoms with E-state index in [4.69, 9.17) is 0 Å². The summed E-state index contributed by atoms with van der Waals surface area (Å²) in [6.45, 7) is 0. The van der Waals surface area contributed by atoms with E-state index in [0.717, 1.165) is 11.1 Å². The van der Waals surface area contributed by atoms with Gasteiger partial charge in [-0.05, 0) is 16.7 Å². The van der Waals surface area contributed by atoms with Gasteiger partial charge in [0.25, 0.3) is 0 Å². The van der Waals surface area contributed by atoms with Crippen LogP contribution in [0.1, 0.15) is 5.56 Å². The molecule has 0 spiro atoms. The molecule has 0 aliphatic carbocycles. The molecule has 0 heterocycles. The molecule has 0 unspecified atom stereocenters. The van der Waals surface area contributed by atoms with Crippen LogP contribution in [0.2, 0.25) is 0 Å². The topological polar surface area (TPSA) is 34.1 Å². The van der Waals surface area contributed by atoms with E-state index in [-0.39, 0.29) is 0 Å². The molecule has 4 heteroatoms. The lowest BCUT2D eigenvalue weighted by atomic mass is 10.0. The standard InChI is InChI=1S/C13H11FO2S/c14-17(15,16)10-11-6-8-13(9-7-11)12-4-2-1-3-5-12/h1-9H,10H2. The largest absolute Gasteiger partial charge is 0.306 e. The van der Waals surface area contributed by atoms with Gasteiger partial charge in [-0.15, -0.1) is 3.89 Å². The monoisotopic (exact) mass is 250 g/mol. The molecule has 0 amide bonds. The van der Waals surface area contributed by atoms with E-state index in [1.807, 2.05) is 30.3 Å². The fourth-order valence-corrected chi connectivity index (χ4v) is 2.21. The number of hydrogen-bond acceptors (Lipinski definition) is 2. The van der Waals surface area contributed by atoms with Crippen molar-refractivity contribution in [3.8, 4) is 11.1 Å². The summed E-state index contributed by atoms with van der Waals surface area (Å²) < 4.78 is 33.4. The van der Waals surface area contributed by atoms with Gasteiger partial charge in [0, 0.05) is 0 Å². The van der Waals surface area contributed by atoms with Gasteiger partial charge in [-0.3, -0.25) is 0 Å². The van der Waals surface area contributed by atoms with Gasteiger partial charge in [0.15, 0.2) is 0 Å². The number of benzene rings is 2. The number of halogens is 1. The summed E-state index contributed by atoms with van der Waals surface area (Å²) in [7, 11) is -4.45. The van der Waals surface area contributed by atoms with Crippen LogP contribution in [-0.4, -0.2) is 8.42 Å². The third-order valence-electron chi connectivity index (χ3n) is 2.40. The molecule has 2 aromatic rings. The van der Waals surface area contributed by atoms with Crippen molar-refractivity contribution in [2.75, 3.05) is 0 Å². The molecule has 0 aromatic heterocycles. The molecule has 0 saturated heterocycles. The first kappa shape index (κ1) is 11.8. The molecule has 0 aliphatic heterocycles. The summed E-state index contributed by atoms with van der Waals surface area (Å²) in [5.74, 6) is -0.567. The molecule has 88 valence electrons. The average molecular weight is 250 g/mol. The molecule has 2 nitrogen and oxygen atoms in total. The second kappa shape index (κ2) is 4.67. The highest BCUT2D eigenvalue weighted by atomic mass is 32.3. The molecule has 2 aromatic carbocycles. The van der Waals surface area contributed by atoms with E-state index >= 15 is 0 Å². The predicted molar refractivity (Wildman–Crippen MR) is 65.6 cm³/mol. The Labute approximate surface area is 99.9 Å². The molecule has 0 saturated carbocycles. The van der Waals surface area contributed by atoms with Crippen molar-refractivity contribution >= 4 is 10.2 Å². The van der Waals surface area contributed by atoms with Crippen LogP contribution in [0.5, 0.6) is 0 Å². The number of rotatable bonds is 3. The number of hydrogen-bond donors (Lipinski definition) is 0. The SMILES string of the molecule is O=S(=O)(F)Cc1ccc(-c2ccccc2)cc1. The molecule has 0 radical (unpaired) electrons. The van der Waals surface area contributed by atoms with Gasteiger partial charge < -0.3 is 0 Å². The first-order valence-electron chi connectivity index (χ1n) is 5.11. The zero-order valence-corrected chi connectivity index (χ0v) is 9.82. The Kier molecular flexibility index (Phi) is 3.24. The van der Waals surface area contributed by atoms with Crippen LogP contribution in [0.15, 0.2) is 54.6 Å². The van der Waals surface area contributed by atoms with Gasteiger partial charge in [0.1, 0.15) is 5.75 Å². The van der Waals surface area contributed by atoms with Crippen molar-refractivity contribution < 1.29 is 12.3 Å². The zero-order chi connectivity index (χ0) is 12.3. The zero-order valence-electron chi connectivity index (χ0n) is 9.01. The fourth-order valence-electron chi connectivity index (χ4n) is 1.62. The first-order valence-corrected chi connectivity index (χ1v) is 6.66. The van der Waals surface area contributed by atoms with Crippen LogP contribution < -0.4 is 0 Å². The minimum atomic E-state index is -4.45. The average Bonchev–Trinajstić information content (AvgIpc) is 2.29. The maximum Gasteiger partial charge on any atom is 0.306 e. The van der Waals surface area contributed by atoms with E-state index in [0.29, 0.717) is 5.56 Å². The highest BCUT2D eigenvalue weighted by Crippen LogP contribution is 2.20. The Bertz CT molecular complexity index is 589. The normalized spacial score (nSPS) is 11.4. The van der Waals surface area contributed by atoms with E-state index < -0.39 is 16.0 Å². The summed E-state index contributed by atoms with van der Waals surface area (Å²) in [6.07, 6.45) is 0. The summed E-state index contributed by atoms with van der Waals surface area (Å²) >= 11 is 0. The fraction of sp³-hybridized carbons (Fsp3) is 0.0769.